The summed E-state index contributed by atoms with van der Waals surface area (Å²) >= 11 is 0. The summed E-state index contributed by atoms with van der Waals surface area (Å²) in [7, 11) is 0. The number of aryl methyl sites for hydroxylation is 1. The summed E-state index contributed by atoms with van der Waals surface area (Å²) in [5.74, 6) is -1.09. The van der Waals surface area contributed by atoms with Crippen LogP contribution in [0.25, 0.3) is 0 Å². The van der Waals surface area contributed by atoms with Crippen LogP contribution in [0.2, 0.25) is 0 Å². The van der Waals surface area contributed by atoms with E-state index in [1.807, 2.05) is 0 Å². The Morgan fingerprint density at radius 3 is 2.93 bits per heavy atom. The Morgan fingerprint density at radius 1 is 1.64 bits per heavy atom. The van der Waals surface area contributed by atoms with Gasteiger partial charge in [-0.2, -0.15) is 0 Å². The second kappa shape index (κ2) is 4.55. The van der Waals surface area contributed by atoms with E-state index in [9.17, 15) is 9.18 Å². The van der Waals surface area contributed by atoms with E-state index in [-0.39, 0.29) is 12.2 Å². The van der Waals surface area contributed by atoms with Crippen LogP contribution in [0.5, 0.6) is 0 Å². The van der Waals surface area contributed by atoms with Gasteiger partial charge in [-0.25, -0.2) is 14.2 Å². The highest BCUT2D eigenvalue weighted by Crippen LogP contribution is 2.10. The van der Waals surface area contributed by atoms with Crippen molar-refractivity contribution in [2.45, 2.75) is 6.92 Å². The van der Waals surface area contributed by atoms with Crippen LogP contribution in [0.15, 0.2) is 12.1 Å². The molecule has 0 fully saturated rings. The van der Waals surface area contributed by atoms with Crippen molar-refractivity contribution in [2.24, 2.45) is 0 Å². The number of carboxylic acid groups (broad SMARTS) is 1. The number of alkyl halides is 1. The summed E-state index contributed by atoms with van der Waals surface area (Å²) in [6.45, 7) is 1.36. The van der Waals surface area contributed by atoms with Crippen molar-refractivity contribution in [3.63, 3.8) is 0 Å². The molecule has 1 rings (SSSR count). The molecule has 0 spiro atoms. The first-order valence-electron chi connectivity index (χ1n) is 4.15. The van der Waals surface area contributed by atoms with Gasteiger partial charge < -0.3 is 10.4 Å². The standard InChI is InChI=1S/C9H11FN2O2/c1-6-4-7(11-3-2-10)5-8(12-6)9(13)14/h4-5H,2-3H2,1H3,(H,11,12)(H,13,14). The summed E-state index contributed by atoms with van der Waals surface area (Å²) in [6, 6.07) is 3.05. The van der Waals surface area contributed by atoms with Gasteiger partial charge in [0.15, 0.2) is 5.69 Å². The van der Waals surface area contributed by atoms with Crippen LogP contribution < -0.4 is 5.32 Å². The number of nitrogens with zero attached hydrogens (tertiary/aromatic N) is 1. The van der Waals surface area contributed by atoms with Crippen molar-refractivity contribution in [3.05, 3.63) is 23.5 Å². The molecule has 4 nitrogen and oxygen atoms in total. The van der Waals surface area contributed by atoms with Gasteiger partial charge in [0, 0.05) is 17.9 Å². The number of hydrogen-bond donors (Lipinski definition) is 2. The first kappa shape index (κ1) is 10.4. The van der Waals surface area contributed by atoms with E-state index in [4.69, 9.17) is 5.11 Å². The number of halogens is 1. The summed E-state index contributed by atoms with van der Waals surface area (Å²) in [5.41, 5.74) is 1.13. The van der Waals surface area contributed by atoms with Crippen molar-refractivity contribution >= 4 is 11.7 Å². The van der Waals surface area contributed by atoms with Crippen LogP contribution in [0.3, 0.4) is 0 Å². The Bertz CT molecular complexity index is 342. The van der Waals surface area contributed by atoms with Gasteiger partial charge in [-0.05, 0) is 19.1 Å². The molecule has 0 radical (unpaired) electrons. The second-order valence-electron chi connectivity index (χ2n) is 2.80. The predicted octanol–water partition coefficient (Wildman–Crippen LogP) is 1.47. The molecule has 76 valence electrons. The molecule has 0 saturated carbocycles. The molecule has 0 aliphatic heterocycles. The third-order valence-electron chi connectivity index (χ3n) is 1.60. The summed E-state index contributed by atoms with van der Waals surface area (Å²) in [6.07, 6.45) is 0. The highest BCUT2D eigenvalue weighted by molar-refractivity contribution is 5.86. The predicted molar refractivity (Wildman–Crippen MR) is 50.4 cm³/mol. The lowest BCUT2D eigenvalue weighted by Gasteiger charge is -2.05. The molecule has 0 atom stereocenters. The third kappa shape index (κ3) is 2.69. The minimum atomic E-state index is -1.09. The number of rotatable bonds is 4. The van der Waals surface area contributed by atoms with Gasteiger partial charge in [0.05, 0.1) is 0 Å². The molecule has 14 heavy (non-hydrogen) atoms. The normalized spacial score (nSPS) is 9.86. The lowest BCUT2D eigenvalue weighted by Crippen LogP contribution is -2.07. The lowest BCUT2D eigenvalue weighted by atomic mass is 10.2. The Labute approximate surface area is 80.8 Å². The molecule has 0 amide bonds. The quantitative estimate of drug-likeness (QED) is 0.769. The van der Waals surface area contributed by atoms with Crippen LogP contribution in [-0.4, -0.2) is 29.3 Å². The van der Waals surface area contributed by atoms with Crippen molar-refractivity contribution in [1.82, 2.24) is 4.98 Å². The van der Waals surface area contributed by atoms with E-state index in [0.29, 0.717) is 11.4 Å². The maximum Gasteiger partial charge on any atom is 0.354 e. The fourth-order valence-corrected chi connectivity index (χ4v) is 1.07. The van der Waals surface area contributed by atoms with E-state index in [0.717, 1.165) is 0 Å². The maximum atomic E-state index is 11.8. The maximum absolute atomic E-state index is 11.8. The van der Waals surface area contributed by atoms with E-state index >= 15 is 0 Å². The monoisotopic (exact) mass is 198 g/mol. The van der Waals surface area contributed by atoms with Crippen LogP contribution in [0.1, 0.15) is 16.2 Å². The van der Waals surface area contributed by atoms with E-state index in [2.05, 4.69) is 10.3 Å². The molecule has 5 heteroatoms. The Balaban J connectivity index is 2.89. The first-order valence-corrected chi connectivity index (χ1v) is 4.15. The molecule has 2 N–H and O–H groups in total. The Hall–Kier alpha value is -1.65. The van der Waals surface area contributed by atoms with Crippen molar-refractivity contribution in [2.75, 3.05) is 18.5 Å². The molecule has 0 aliphatic rings. The largest absolute Gasteiger partial charge is 0.477 e. The zero-order chi connectivity index (χ0) is 10.6. The lowest BCUT2D eigenvalue weighted by molar-refractivity contribution is 0.0690. The number of hydrogen-bond acceptors (Lipinski definition) is 3. The van der Waals surface area contributed by atoms with Crippen LogP contribution in [-0.2, 0) is 0 Å². The van der Waals surface area contributed by atoms with E-state index in [1.165, 1.54) is 6.07 Å². The van der Waals surface area contributed by atoms with Crippen molar-refractivity contribution in [1.29, 1.82) is 0 Å². The topological polar surface area (TPSA) is 62.2 Å². The first-order chi connectivity index (χ1) is 6.63. The molecule has 0 aromatic carbocycles. The van der Waals surface area contributed by atoms with Crippen LogP contribution in [0.4, 0.5) is 10.1 Å². The Morgan fingerprint density at radius 2 is 2.36 bits per heavy atom. The van der Waals surface area contributed by atoms with Gasteiger partial charge in [0.2, 0.25) is 0 Å². The summed E-state index contributed by atoms with van der Waals surface area (Å²) in [4.78, 5) is 14.4. The van der Waals surface area contributed by atoms with Gasteiger partial charge in [-0.3, -0.25) is 0 Å². The summed E-state index contributed by atoms with van der Waals surface area (Å²) < 4.78 is 11.8. The number of carbonyl (C=O) groups is 1. The number of nitrogens with one attached hydrogen (secondary N) is 1. The summed E-state index contributed by atoms with van der Waals surface area (Å²) in [5, 5.41) is 11.4. The number of aromatic nitrogens is 1. The zero-order valence-electron chi connectivity index (χ0n) is 7.75. The molecular formula is C9H11FN2O2. The van der Waals surface area contributed by atoms with Gasteiger partial charge in [-0.15, -0.1) is 0 Å². The molecule has 0 saturated heterocycles. The molecule has 0 aliphatic carbocycles. The van der Waals surface area contributed by atoms with Gasteiger partial charge in [0.1, 0.15) is 6.67 Å². The highest BCUT2D eigenvalue weighted by Gasteiger charge is 2.06. The van der Waals surface area contributed by atoms with Gasteiger partial charge >= 0.3 is 5.97 Å². The molecular weight excluding hydrogens is 187 g/mol. The van der Waals surface area contributed by atoms with Crippen molar-refractivity contribution < 1.29 is 14.3 Å². The number of aromatic carboxylic acids is 1. The fraction of sp³-hybridized carbons (Fsp3) is 0.333. The van der Waals surface area contributed by atoms with Gasteiger partial charge in [0.25, 0.3) is 0 Å². The van der Waals surface area contributed by atoms with E-state index in [1.54, 1.807) is 13.0 Å². The molecule has 0 unspecified atom stereocenters. The molecule has 1 aromatic heterocycles. The van der Waals surface area contributed by atoms with E-state index < -0.39 is 12.6 Å². The fourth-order valence-electron chi connectivity index (χ4n) is 1.07. The van der Waals surface area contributed by atoms with Crippen LogP contribution in [0, 0.1) is 6.92 Å². The second-order valence-corrected chi connectivity index (χ2v) is 2.80. The minimum Gasteiger partial charge on any atom is -0.477 e. The van der Waals surface area contributed by atoms with Crippen LogP contribution >= 0.6 is 0 Å². The molecule has 1 heterocycles. The SMILES string of the molecule is Cc1cc(NCCF)cc(C(=O)O)n1. The number of anilines is 1. The number of pyridine rings is 1. The minimum absolute atomic E-state index is 0.0358. The smallest absolute Gasteiger partial charge is 0.354 e. The van der Waals surface area contributed by atoms with Crippen molar-refractivity contribution in [3.8, 4) is 0 Å². The number of carboxylic acids is 1. The Kier molecular flexibility index (Phi) is 3.39. The highest BCUT2D eigenvalue weighted by atomic mass is 19.1. The molecule has 1 aromatic rings. The molecule has 0 bridgehead atoms. The average Bonchev–Trinajstić information content (AvgIpc) is 2.14. The zero-order valence-corrected chi connectivity index (χ0v) is 7.75. The van der Waals surface area contributed by atoms with Gasteiger partial charge in [-0.1, -0.05) is 0 Å². The average molecular weight is 198 g/mol. The third-order valence-corrected chi connectivity index (χ3v) is 1.60.